The topological polar surface area (TPSA) is 57.6 Å². The zero-order valence-electron chi connectivity index (χ0n) is 11.3. The average molecular weight is 253 g/mol. The van der Waals surface area contributed by atoms with Crippen LogP contribution in [-0.2, 0) is 9.59 Å². The van der Waals surface area contributed by atoms with Gasteiger partial charge >= 0.3 is 5.97 Å². The van der Waals surface area contributed by atoms with Gasteiger partial charge < -0.3 is 10.0 Å². The van der Waals surface area contributed by atoms with Crippen LogP contribution in [0.1, 0.15) is 45.4 Å². The molecule has 2 fully saturated rings. The van der Waals surface area contributed by atoms with E-state index in [-0.39, 0.29) is 11.8 Å². The van der Waals surface area contributed by atoms with Gasteiger partial charge in [-0.25, -0.2) is 0 Å². The third-order valence-electron chi connectivity index (χ3n) is 4.82. The molecule has 0 heterocycles. The summed E-state index contributed by atoms with van der Waals surface area (Å²) in [6.45, 7) is 2.20. The Morgan fingerprint density at radius 3 is 2.17 bits per heavy atom. The monoisotopic (exact) mass is 253 g/mol. The molecule has 0 aromatic rings. The molecular weight excluding hydrogens is 230 g/mol. The molecule has 4 atom stereocenters. The summed E-state index contributed by atoms with van der Waals surface area (Å²) in [4.78, 5) is 25.2. The first-order chi connectivity index (χ1) is 8.52. The normalized spacial score (nSPS) is 35.7. The molecule has 102 valence electrons. The Balaban J connectivity index is 1.98. The first-order valence-corrected chi connectivity index (χ1v) is 7.02. The lowest BCUT2D eigenvalue weighted by atomic mass is 9.72. The maximum absolute atomic E-state index is 12.3. The molecule has 0 saturated heterocycles. The van der Waals surface area contributed by atoms with E-state index in [1.54, 1.807) is 0 Å². The summed E-state index contributed by atoms with van der Waals surface area (Å²) in [6, 6.07) is 0.307. The molecule has 4 unspecified atom stereocenters. The molecule has 2 aliphatic rings. The quantitative estimate of drug-likeness (QED) is 0.838. The zero-order valence-corrected chi connectivity index (χ0v) is 11.3. The van der Waals surface area contributed by atoms with Crippen LogP contribution in [0.15, 0.2) is 0 Å². The van der Waals surface area contributed by atoms with Crippen molar-refractivity contribution >= 4 is 11.9 Å². The molecular formula is C14H23NO3. The van der Waals surface area contributed by atoms with Crippen molar-refractivity contribution < 1.29 is 14.7 Å². The SMILES string of the molecule is CC1CCCCC1N(C)C(=O)C1CCC1C(=O)O. The van der Waals surface area contributed by atoms with Crippen LogP contribution in [0.4, 0.5) is 0 Å². The van der Waals surface area contributed by atoms with Crippen molar-refractivity contribution in [1.82, 2.24) is 4.90 Å². The fraction of sp³-hybridized carbons (Fsp3) is 0.857. The molecule has 0 aromatic heterocycles. The number of carbonyl (C=O) groups is 2. The highest BCUT2D eigenvalue weighted by molar-refractivity contribution is 5.86. The molecule has 4 nitrogen and oxygen atoms in total. The van der Waals surface area contributed by atoms with Crippen LogP contribution in [0.5, 0.6) is 0 Å². The number of carboxylic acids is 1. The van der Waals surface area contributed by atoms with Crippen LogP contribution < -0.4 is 0 Å². The summed E-state index contributed by atoms with van der Waals surface area (Å²) in [5.74, 6) is -0.950. The Kier molecular flexibility index (Phi) is 3.93. The van der Waals surface area contributed by atoms with Gasteiger partial charge in [0.25, 0.3) is 0 Å². The van der Waals surface area contributed by atoms with E-state index >= 15 is 0 Å². The zero-order chi connectivity index (χ0) is 13.3. The summed E-state index contributed by atoms with van der Waals surface area (Å²) >= 11 is 0. The molecule has 0 spiro atoms. The van der Waals surface area contributed by atoms with Gasteiger partial charge in [-0.2, -0.15) is 0 Å². The standard InChI is InChI=1S/C14H23NO3/c1-9-5-3-4-6-12(9)15(2)13(16)10-7-8-11(10)14(17)18/h9-12H,3-8H2,1-2H3,(H,17,18). The van der Waals surface area contributed by atoms with Gasteiger partial charge in [-0.15, -0.1) is 0 Å². The van der Waals surface area contributed by atoms with Gasteiger partial charge in [0.2, 0.25) is 5.91 Å². The van der Waals surface area contributed by atoms with Crippen LogP contribution in [0.2, 0.25) is 0 Å². The molecule has 18 heavy (non-hydrogen) atoms. The minimum Gasteiger partial charge on any atom is -0.481 e. The van der Waals surface area contributed by atoms with E-state index in [0.717, 1.165) is 12.8 Å². The number of aliphatic carboxylic acids is 1. The molecule has 0 bridgehead atoms. The van der Waals surface area contributed by atoms with Gasteiger partial charge in [0.15, 0.2) is 0 Å². The molecule has 1 amide bonds. The van der Waals surface area contributed by atoms with Gasteiger partial charge in [0, 0.05) is 13.1 Å². The Morgan fingerprint density at radius 1 is 1.06 bits per heavy atom. The molecule has 0 aliphatic heterocycles. The van der Waals surface area contributed by atoms with E-state index in [0.29, 0.717) is 18.4 Å². The molecule has 2 saturated carbocycles. The van der Waals surface area contributed by atoms with Crippen LogP contribution in [0.25, 0.3) is 0 Å². The lowest BCUT2D eigenvalue weighted by Gasteiger charge is -2.41. The number of hydrogen-bond donors (Lipinski definition) is 1. The lowest BCUT2D eigenvalue weighted by Crippen LogP contribution is -2.50. The van der Waals surface area contributed by atoms with Crippen molar-refractivity contribution in [1.29, 1.82) is 0 Å². The second kappa shape index (κ2) is 5.29. The van der Waals surface area contributed by atoms with E-state index in [1.165, 1.54) is 19.3 Å². The number of rotatable bonds is 3. The van der Waals surface area contributed by atoms with Crippen molar-refractivity contribution in [3.8, 4) is 0 Å². The van der Waals surface area contributed by atoms with Crippen molar-refractivity contribution in [2.45, 2.75) is 51.5 Å². The number of nitrogens with zero attached hydrogens (tertiary/aromatic N) is 1. The summed E-state index contributed by atoms with van der Waals surface area (Å²) in [7, 11) is 1.85. The second-order valence-electron chi connectivity index (χ2n) is 5.91. The van der Waals surface area contributed by atoms with E-state index in [9.17, 15) is 9.59 Å². The summed E-state index contributed by atoms with van der Waals surface area (Å²) in [5.41, 5.74) is 0. The smallest absolute Gasteiger partial charge is 0.307 e. The highest BCUT2D eigenvalue weighted by atomic mass is 16.4. The minimum absolute atomic E-state index is 0.0485. The third-order valence-corrected chi connectivity index (χ3v) is 4.82. The highest BCUT2D eigenvalue weighted by Crippen LogP contribution is 2.37. The number of carbonyl (C=O) groups excluding carboxylic acids is 1. The van der Waals surface area contributed by atoms with Crippen molar-refractivity contribution in [2.75, 3.05) is 7.05 Å². The Morgan fingerprint density at radius 2 is 1.67 bits per heavy atom. The van der Waals surface area contributed by atoms with E-state index in [4.69, 9.17) is 5.11 Å². The van der Waals surface area contributed by atoms with Crippen LogP contribution in [0, 0.1) is 17.8 Å². The van der Waals surface area contributed by atoms with Crippen molar-refractivity contribution in [3.05, 3.63) is 0 Å². The van der Waals surface area contributed by atoms with Crippen LogP contribution in [-0.4, -0.2) is 35.0 Å². The van der Waals surface area contributed by atoms with E-state index < -0.39 is 11.9 Å². The minimum atomic E-state index is -0.815. The average Bonchev–Trinajstić information content (AvgIpc) is 2.26. The molecule has 2 aliphatic carbocycles. The Labute approximate surface area is 108 Å². The van der Waals surface area contributed by atoms with Gasteiger partial charge in [0.1, 0.15) is 0 Å². The summed E-state index contributed by atoms with van der Waals surface area (Å²) in [6.07, 6.45) is 6.06. The number of hydrogen-bond acceptors (Lipinski definition) is 2. The predicted octanol–water partition coefficient (Wildman–Crippen LogP) is 2.13. The lowest BCUT2D eigenvalue weighted by molar-refractivity contribution is -0.157. The Hall–Kier alpha value is -1.06. The molecule has 2 rings (SSSR count). The molecule has 0 aromatic carbocycles. The Bertz CT molecular complexity index is 342. The maximum atomic E-state index is 12.3. The molecule has 4 heteroatoms. The predicted molar refractivity (Wildman–Crippen MR) is 68.0 cm³/mol. The molecule has 1 N–H and O–H groups in total. The molecule has 0 radical (unpaired) electrons. The fourth-order valence-electron chi connectivity index (χ4n) is 3.39. The number of carboxylic acid groups (broad SMARTS) is 1. The van der Waals surface area contributed by atoms with Crippen molar-refractivity contribution in [3.63, 3.8) is 0 Å². The van der Waals surface area contributed by atoms with Gasteiger partial charge in [-0.1, -0.05) is 19.8 Å². The van der Waals surface area contributed by atoms with E-state index in [1.807, 2.05) is 11.9 Å². The summed E-state index contributed by atoms with van der Waals surface area (Å²) in [5, 5.41) is 9.03. The first-order valence-electron chi connectivity index (χ1n) is 7.02. The maximum Gasteiger partial charge on any atom is 0.307 e. The van der Waals surface area contributed by atoms with Gasteiger partial charge in [-0.3, -0.25) is 9.59 Å². The first kappa shape index (κ1) is 13.4. The van der Waals surface area contributed by atoms with Crippen LogP contribution in [0.3, 0.4) is 0 Å². The summed E-state index contributed by atoms with van der Waals surface area (Å²) < 4.78 is 0. The largest absolute Gasteiger partial charge is 0.481 e. The second-order valence-corrected chi connectivity index (χ2v) is 5.91. The highest BCUT2D eigenvalue weighted by Gasteiger charge is 2.44. The fourth-order valence-corrected chi connectivity index (χ4v) is 3.39. The van der Waals surface area contributed by atoms with Crippen molar-refractivity contribution in [2.24, 2.45) is 17.8 Å². The third kappa shape index (κ3) is 2.38. The van der Waals surface area contributed by atoms with Gasteiger partial charge in [-0.05, 0) is 31.6 Å². The van der Waals surface area contributed by atoms with Crippen LogP contribution >= 0.6 is 0 Å². The number of amides is 1. The van der Waals surface area contributed by atoms with Gasteiger partial charge in [0.05, 0.1) is 11.8 Å². The van der Waals surface area contributed by atoms with E-state index in [2.05, 4.69) is 6.92 Å².